The maximum absolute atomic E-state index is 13.0. The van der Waals surface area contributed by atoms with Gasteiger partial charge in [0.05, 0.1) is 17.8 Å². The molecule has 3 aliphatic heterocycles. The molecule has 1 aromatic heterocycles. The molecule has 2 N–H and O–H groups in total. The zero-order chi connectivity index (χ0) is 39.4. The number of nitrogens with zero attached hydrogens (tertiary/aromatic N) is 4. The quantitative estimate of drug-likeness (QED) is 0.0669. The van der Waals surface area contributed by atoms with Crippen LogP contribution < -0.4 is 25.6 Å². The van der Waals surface area contributed by atoms with Crippen molar-refractivity contribution >= 4 is 59.2 Å². The smallest absolute Gasteiger partial charge is 0.255 e. The first-order valence-corrected chi connectivity index (χ1v) is 23.1. The Kier molecular flexibility index (Phi) is 12.5. The summed E-state index contributed by atoms with van der Waals surface area (Å²) in [6, 6.07) is 19.9. The number of anilines is 1. The number of methoxy groups -OCH3 is 1. The second-order valence-corrected chi connectivity index (χ2v) is 19.8. The summed E-state index contributed by atoms with van der Waals surface area (Å²) >= 11 is 8.33. The van der Waals surface area contributed by atoms with E-state index in [2.05, 4.69) is 44.8 Å². The fraction of sp³-hybridized carbons (Fsp3) is 0.405. The summed E-state index contributed by atoms with van der Waals surface area (Å²) in [7, 11) is -0.773. The molecule has 0 saturated carbocycles. The summed E-state index contributed by atoms with van der Waals surface area (Å²) in [6.45, 7) is 6.80. The van der Waals surface area contributed by atoms with Crippen molar-refractivity contribution in [2.45, 2.75) is 68.5 Å². The molecule has 56 heavy (non-hydrogen) atoms. The van der Waals surface area contributed by atoms with Gasteiger partial charge in [0.1, 0.15) is 24.8 Å². The number of thioether (sulfide) groups is 1. The molecule has 0 radical (unpaired) electrons. The van der Waals surface area contributed by atoms with Crippen LogP contribution in [-0.2, 0) is 33.5 Å². The Morgan fingerprint density at radius 2 is 1.80 bits per heavy atom. The van der Waals surface area contributed by atoms with Gasteiger partial charge < -0.3 is 24.4 Å². The fourth-order valence-electron chi connectivity index (χ4n) is 7.82. The Labute approximate surface area is 337 Å². The molecule has 3 amide bonds. The SMILES string of the molecule is COc1cc(N2CCC(NCCCSc3ccc4c(c3)CN(C3CCC(=O)NC3=O)C4=O)CC2)ccc1Cc1ncc(Cl)c(Cc2ccccc2P(C)(C)=O)n1. The van der Waals surface area contributed by atoms with Crippen molar-refractivity contribution in [3.05, 3.63) is 106 Å². The van der Waals surface area contributed by atoms with Crippen molar-refractivity contribution in [2.75, 3.05) is 50.7 Å². The van der Waals surface area contributed by atoms with Gasteiger partial charge in [-0.1, -0.05) is 41.9 Å². The van der Waals surface area contributed by atoms with Crippen molar-refractivity contribution in [3.63, 3.8) is 0 Å². The third kappa shape index (κ3) is 9.31. The highest BCUT2D eigenvalue weighted by molar-refractivity contribution is 7.99. The molecule has 0 aliphatic carbocycles. The van der Waals surface area contributed by atoms with Crippen LogP contribution in [0.2, 0.25) is 5.02 Å². The first-order chi connectivity index (χ1) is 27.0. The van der Waals surface area contributed by atoms with Gasteiger partial charge in [0, 0.05) is 84.2 Å². The van der Waals surface area contributed by atoms with E-state index in [1.54, 1.807) is 43.3 Å². The molecule has 2 saturated heterocycles. The molecule has 0 spiro atoms. The lowest BCUT2D eigenvalue weighted by Crippen LogP contribution is -2.52. The third-order valence-corrected chi connectivity index (χ3v) is 13.8. The predicted molar refractivity (Wildman–Crippen MR) is 222 cm³/mol. The van der Waals surface area contributed by atoms with Gasteiger partial charge in [0.2, 0.25) is 11.8 Å². The summed E-state index contributed by atoms with van der Waals surface area (Å²) < 4.78 is 18.8. The maximum atomic E-state index is 13.0. The van der Waals surface area contributed by atoms with Gasteiger partial charge in [-0.05, 0) is 86.7 Å². The molecule has 1 unspecified atom stereocenters. The zero-order valence-electron chi connectivity index (χ0n) is 32.1. The molecule has 4 aromatic rings. The number of carbonyl (C=O) groups excluding carboxylic acids is 3. The van der Waals surface area contributed by atoms with Gasteiger partial charge in [-0.15, -0.1) is 11.8 Å². The van der Waals surface area contributed by atoms with Crippen molar-refractivity contribution < 1.29 is 23.7 Å². The summed E-state index contributed by atoms with van der Waals surface area (Å²) in [6.07, 6.45) is 6.37. The molecular weight excluding hydrogens is 767 g/mol. The Hall–Kier alpha value is -4.22. The van der Waals surface area contributed by atoms with Gasteiger partial charge in [-0.3, -0.25) is 19.7 Å². The molecule has 1 atom stereocenters. The number of aromatic nitrogens is 2. The van der Waals surface area contributed by atoms with E-state index in [0.717, 1.165) is 83.0 Å². The van der Waals surface area contributed by atoms with Gasteiger partial charge in [0.25, 0.3) is 5.91 Å². The average molecular weight is 815 g/mol. The van der Waals surface area contributed by atoms with E-state index < -0.39 is 13.2 Å². The second-order valence-electron chi connectivity index (χ2n) is 15.0. The topological polar surface area (TPSA) is 134 Å². The van der Waals surface area contributed by atoms with E-state index in [1.807, 2.05) is 36.4 Å². The van der Waals surface area contributed by atoms with Crippen LogP contribution in [0, 0.1) is 0 Å². The Morgan fingerprint density at radius 1 is 1.00 bits per heavy atom. The number of carbonyl (C=O) groups is 3. The number of amides is 3. The molecule has 4 heterocycles. The number of halogens is 1. The number of ether oxygens (including phenoxy) is 1. The van der Waals surface area contributed by atoms with Crippen molar-refractivity contribution in [2.24, 2.45) is 0 Å². The van der Waals surface area contributed by atoms with Crippen LogP contribution in [-0.4, -0.2) is 90.5 Å². The number of benzene rings is 3. The molecule has 7 rings (SSSR count). The lowest BCUT2D eigenvalue weighted by molar-refractivity contribution is -0.136. The molecule has 3 aromatic carbocycles. The van der Waals surface area contributed by atoms with E-state index in [0.29, 0.717) is 54.0 Å². The zero-order valence-corrected chi connectivity index (χ0v) is 34.5. The van der Waals surface area contributed by atoms with Crippen molar-refractivity contribution in [1.29, 1.82) is 0 Å². The van der Waals surface area contributed by atoms with E-state index in [9.17, 15) is 18.9 Å². The van der Waals surface area contributed by atoms with Crippen molar-refractivity contribution in [3.8, 4) is 5.75 Å². The number of hydrogen-bond donors (Lipinski definition) is 2. The monoisotopic (exact) mass is 814 g/mol. The molecule has 14 heteroatoms. The average Bonchev–Trinajstić information content (AvgIpc) is 3.51. The highest BCUT2D eigenvalue weighted by Crippen LogP contribution is 2.37. The third-order valence-electron chi connectivity index (χ3n) is 10.8. The second kappa shape index (κ2) is 17.5. The number of piperidine rings is 2. The first-order valence-electron chi connectivity index (χ1n) is 19.2. The largest absolute Gasteiger partial charge is 0.496 e. The number of rotatable bonds is 14. The Bertz CT molecular complexity index is 2170. The highest BCUT2D eigenvalue weighted by atomic mass is 35.5. The van der Waals surface area contributed by atoms with E-state index in [4.69, 9.17) is 21.3 Å². The van der Waals surface area contributed by atoms with E-state index in [-0.39, 0.29) is 24.1 Å². The Balaban J connectivity index is 0.862. The number of imide groups is 1. The standard InChI is InChI=1S/C42H48ClN6O5PS/c1-54-37-24-31(10-9-27(37)23-39-45-25-34(43)35(46-39)22-28-7-4-5-8-38(28)55(2,3)53)48-18-15-30(16-19-48)44-17-6-20-56-32-11-12-33-29(21-32)26-49(42(33)52)36-13-14-40(50)47-41(36)51/h4-5,7-12,21,24-25,30,36,44H,6,13-20,22-23,26H2,1-3H3,(H,47,50,51). The lowest BCUT2D eigenvalue weighted by Gasteiger charge is -2.34. The van der Waals surface area contributed by atoms with Gasteiger partial charge in [-0.25, -0.2) is 9.97 Å². The van der Waals surface area contributed by atoms with Crippen LogP contribution in [0.3, 0.4) is 0 Å². The van der Waals surface area contributed by atoms with Crippen LogP contribution in [0.5, 0.6) is 5.75 Å². The van der Waals surface area contributed by atoms with Gasteiger partial charge in [0.15, 0.2) is 0 Å². The normalized spacial score (nSPS) is 17.6. The first kappa shape index (κ1) is 40.0. The number of fused-ring (bicyclic) bond motifs is 1. The lowest BCUT2D eigenvalue weighted by atomic mass is 10.0. The van der Waals surface area contributed by atoms with Gasteiger partial charge >= 0.3 is 0 Å². The molecular formula is C42H48ClN6O5PS. The summed E-state index contributed by atoms with van der Waals surface area (Å²) in [5.41, 5.74) is 5.38. The van der Waals surface area contributed by atoms with Crippen LogP contribution in [0.4, 0.5) is 5.69 Å². The summed E-state index contributed by atoms with van der Waals surface area (Å²) in [5.74, 6) is 1.60. The molecule has 11 nitrogen and oxygen atoms in total. The minimum absolute atomic E-state index is 0.141. The minimum Gasteiger partial charge on any atom is -0.496 e. The molecule has 3 aliphatic rings. The molecule has 0 bridgehead atoms. The van der Waals surface area contributed by atoms with E-state index in [1.165, 1.54) is 0 Å². The number of nitrogens with one attached hydrogen (secondary N) is 2. The molecule has 2 fully saturated rings. The van der Waals surface area contributed by atoms with Crippen LogP contribution in [0.1, 0.15) is 70.7 Å². The highest BCUT2D eigenvalue weighted by Gasteiger charge is 2.39. The van der Waals surface area contributed by atoms with E-state index >= 15 is 0 Å². The fourth-order valence-corrected chi connectivity index (χ4v) is 10.2. The molecule has 294 valence electrons. The Morgan fingerprint density at radius 3 is 2.57 bits per heavy atom. The van der Waals surface area contributed by atoms with Crippen LogP contribution in [0.25, 0.3) is 0 Å². The predicted octanol–water partition coefficient (Wildman–Crippen LogP) is 6.07. The van der Waals surface area contributed by atoms with Crippen molar-refractivity contribution in [1.82, 2.24) is 25.5 Å². The van der Waals surface area contributed by atoms with Crippen LogP contribution >= 0.6 is 30.5 Å². The van der Waals surface area contributed by atoms with Crippen LogP contribution in [0.15, 0.2) is 71.8 Å². The number of hydrogen-bond acceptors (Lipinski definition) is 10. The maximum Gasteiger partial charge on any atom is 0.255 e. The summed E-state index contributed by atoms with van der Waals surface area (Å²) in [5, 5.41) is 7.45. The summed E-state index contributed by atoms with van der Waals surface area (Å²) in [4.78, 5) is 51.4. The van der Waals surface area contributed by atoms with Gasteiger partial charge in [-0.2, -0.15) is 0 Å². The minimum atomic E-state index is -2.47.